The number of alkyl halides is 3. The first-order valence-electron chi connectivity index (χ1n) is 8.73. The molecule has 2 aromatic rings. The zero-order chi connectivity index (χ0) is 19.4. The van der Waals surface area contributed by atoms with Crippen LogP contribution in [0.1, 0.15) is 16.1 Å². The van der Waals surface area contributed by atoms with Crippen molar-refractivity contribution >= 4 is 17.3 Å². The van der Waals surface area contributed by atoms with Crippen LogP contribution in [-0.2, 0) is 22.5 Å². The van der Waals surface area contributed by atoms with Gasteiger partial charge in [-0.15, -0.1) is 11.3 Å². The van der Waals surface area contributed by atoms with Crippen molar-refractivity contribution in [3.05, 3.63) is 52.0 Å². The van der Waals surface area contributed by atoms with E-state index in [0.29, 0.717) is 13.0 Å². The normalized spacial score (nSPS) is 20.7. The van der Waals surface area contributed by atoms with E-state index in [1.165, 1.54) is 11.3 Å². The fraction of sp³-hybridized carbons (Fsp3) is 0.474. The molecule has 4 nitrogen and oxygen atoms in total. The third-order valence-electron chi connectivity index (χ3n) is 4.79. The van der Waals surface area contributed by atoms with Gasteiger partial charge in [0.25, 0.3) is 0 Å². The minimum Gasteiger partial charge on any atom is -0.465 e. The summed E-state index contributed by atoms with van der Waals surface area (Å²) in [5, 5.41) is 0. The predicted molar refractivity (Wildman–Crippen MR) is 96.3 cm³/mol. The van der Waals surface area contributed by atoms with Crippen LogP contribution in [0.25, 0.3) is 0 Å². The van der Waals surface area contributed by atoms with Gasteiger partial charge in [-0.25, -0.2) is 4.98 Å². The molecule has 0 aliphatic carbocycles. The van der Waals surface area contributed by atoms with Crippen LogP contribution in [0.15, 0.2) is 35.8 Å². The highest BCUT2D eigenvalue weighted by atomic mass is 32.1. The standard InChI is InChI=1S/C19H21F3N2O2S/c1-13-17(27-12-23-13)7-8-26-18(25)15-10-24(11-16(15)19(20,21)22)9-14-5-3-2-4-6-14/h2-6,12,15-16H,7-11H2,1H3/t15-,16+/m1/s1. The summed E-state index contributed by atoms with van der Waals surface area (Å²) in [6.07, 6.45) is -3.96. The highest BCUT2D eigenvalue weighted by Gasteiger charge is 2.52. The van der Waals surface area contributed by atoms with E-state index in [1.54, 1.807) is 10.4 Å². The van der Waals surface area contributed by atoms with Crippen molar-refractivity contribution in [2.75, 3.05) is 19.7 Å². The SMILES string of the molecule is Cc1ncsc1CCOC(=O)[C@@H]1CN(Cc2ccccc2)C[C@@H]1C(F)(F)F. The third kappa shape index (κ3) is 5.07. The second-order valence-electron chi connectivity index (χ2n) is 6.71. The molecule has 0 radical (unpaired) electrons. The molecule has 2 atom stereocenters. The summed E-state index contributed by atoms with van der Waals surface area (Å²) in [7, 11) is 0. The van der Waals surface area contributed by atoms with E-state index in [4.69, 9.17) is 4.74 Å². The average Bonchev–Trinajstić information content (AvgIpc) is 3.22. The molecule has 1 aromatic heterocycles. The zero-order valence-corrected chi connectivity index (χ0v) is 15.7. The third-order valence-corrected chi connectivity index (χ3v) is 5.78. The molecular weight excluding hydrogens is 377 g/mol. The van der Waals surface area contributed by atoms with Gasteiger partial charge in [-0.1, -0.05) is 30.3 Å². The van der Waals surface area contributed by atoms with E-state index >= 15 is 0 Å². The van der Waals surface area contributed by atoms with Crippen LogP contribution in [0, 0.1) is 18.8 Å². The molecule has 0 unspecified atom stereocenters. The molecule has 0 spiro atoms. The number of likely N-dealkylation sites (tertiary alicyclic amines) is 1. The quantitative estimate of drug-likeness (QED) is 0.694. The predicted octanol–water partition coefficient (Wildman–Crippen LogP) is 3.85. The number of carbonyl (C=O) groups is 1. The van der Waals surface area contributed by atoms with Crippen LogP contribution in [-0.4, -0.2) is 41.7 Å². The molecular formula is C19H21F3N2O2S. The Kier molecular flexibility index (Phi) is 6.16. The lowest BCUT2D eigenvalue weighted by molar-refractivity contribution is -0.190. The minimum atomic E-state index is -4.43. The molecule has 1 aromatic carbocycles. The van der Waals surface area contributed by atoms with Gasteiger partial charge in [-0.3, -0.25) is 9.69 Å². The number of nitrogens with zero attached hydrogens (tertiary/aromatic N) is 2. The Bertz CT molecular complexity index is 764. The lowest BCUT2D eigenvalue weighted by Gasteiger charge is -2.20. The number of benzene rings is 1. The summed E-state index contributed by atoms with van der Waals surface area (Å²) in [5.74, 6) is -3.65. The van der Waals surface area contributed by atoms with Crippen LogP contribution in [0.3, 0.4) is 0 Å². The first-order valence-corrected chi connectivity index (χ1v) is 9.61. The molecule has 1 saturated heterocycles. The van der Waals surface area contributed by atoms with Gasteiger partial charge in [0.2, 0.25) is 0 Å². The maximum Gasteiger partial charge on any atom is 0.393 e. The van der Waals surface area contributed by atoms with Crippen molar-refractivity contribution in [1.29, 1.82) is 0 Å². The van der Waals surface area contributed by atoms with E-state index in [2.05, 4.69) is 4.98 Å². The molecule has 0 N–H and O–H groups in total. The Morgan fingerprint density at radius 2 is 2.04 bits per heavy atom. The zero-order valence-electron chi connectivity index (χ0n) is 14.9. The Balaban J connectivity index is 1.60. The van der Waals surface area contributed by atoms with E-state index in [0.717, 1.165) is 16.1 Å². The molecule has 8 heteroatoms. The molecule has 0 amide bonds. The Morgan fingerprint density at radius 1 is 1.30 bits per heavy atom. The second-order valence-corrected chi connectivity index (χ2v) is 7.65. The number of aromatic nitrogens is 1. The summed E-state index contributed by atoms with van der Waals surface area (Å²) in [5.41, 5.74) is 3.48. The van der Waals surface area contributed by atoms with Gasteiger partial charge in [-0.05, 0) is 12.5 Å². The summed E-state index contributed by atoms with van der Waals surface area (Å²) < 4.78 is 45.5. The first kappa shape index (κ1) is 19.8. The van der Waals surface area contributed by atoms with Gasteiger partial charge in [-0.2, -0.15) is 13.2 Å². The van der Waals surface area contributed by atoms with Gasteiger partial charge >= 0.3 is 12.1 Å². The van der Waals surface area contributed by atoms with Crippen LogP contribution >= 0.6 is 11.3 Å². The molecule has 0 bridgehead atoms. The Labute approximate surface area is 160 Å². The van der Waals surface area contributed by atoms with Crippen molar-refractivity contribution in [1.82, 2.24) is 9.88 Å². The fourth-order valence-electron chi connectivity index (χ4n) is 3.34. The largest absolute Gasteiger partial charge is 0.465 e. The maximum atomic E-state index is 13.4. The average molecular weight is 398 g/mol. The number of aryl methyl sites for hydroxylation is 1. The number of hydrogen-bond donors (Lipinski definition) is 0. The number of carbonyl (C=O) groups excluding carboxylic acids is 1. The van der Waals surface area contributed by atoms with Crippen molar-refractivity contribution in [2.24, 2.45) is 11.8 Å². The summed E-state index contributed by atoms with van der Waals surface area (Å²) in [6.45, 7) is 2.17. The number of hydrogen-bond acceptors (Lipinski definition) is 5. The molecule has 3 rings (SSSR count). The van der Waals surface area contributed by atoms with Crippen molar-refractivity contribution in [2.45, 2.75) is 26.1 Å². The van der Waals surface area contributed by atoms with Crippen LogP contribution < -0.4 is 0 Å². The summed E-state index contributed by atoms with van der Waals surface area (Å²) >= 11 is 1.45. The summed E-state index contributed by atoms with van der Waals surface area (Å²) in [4.78, 5) is 19.1. The maximum absolute atomic E-state index is 13.4. The van der Waals surface area contributed by atoms with E-state index in [1.807, 2.05) is 37.3 Å². The Hall–Kier alpha value is -1.93. The highest BCUT2D eigenvalue weighted by molar-refractivity contribution is 7.09. The molecule has 0 saturated carbocycles. The summed E-state index contributed by atoms with van der Waals surface area (Å²) in [6, 6.07) is 9.29. The van der Waals surface area contributed by atoms with Gasteiger partial charge in [0.15, 0.2) is 0 Å². The number of thiazole rings is 1. The van der Waals surface area contributed by atoms with Crippen LogP contribution in [0.2, 0.25) is 0 Å². The van der Waals surface area contributed by atoms with Crippen molar-refractivity contribution in [3.8, 4) is 0 Å². The number of rotatable bonds is 6. The van der Waals surface area contributed by atoms with Crippen molar-refractivity contribution < 1.29 is 22.7 Å². The molecule has 1 fully saturated rings. The molecule has 1 aliphatic heterocycles. The van der Waals surface area contributed by atoms with Gasteiger partial charge < -0.3 is 4.74 Å². The van der Waals surface area contributed by atoms with Gasteiger partial charge in [0.05, 0.1) is 29.6 Å². The van der Waals surface area contributed by atoms with E-state index in [9.17, 15) is 18.0 Å². The van der Waals surface area contributed by atoms with E-state index in [-0.39, 0.29) is 19.7 Å². The number of ether oxygens (including phenoxy) is 1. The van der Waals surface area contributed by atoms with Gasteiger partial charge in [0.1, 0.15) is 0 Å². The second kappa shape index (κ2) is 8.39. The minimum absolute atomic E-state index is 0.0531. The monoisotopic (exact) mass is 398 g/mol. The fourth-order valence-corrected chi connectivity index (χ4v) is 4.11. The first-order chi connectivity index (χ1) is 12.8. The molecule has 2 heterocycles. The van der Waals surface area contributed by atoms with E-state index < -0.39 is 24.0 Å². The number of halogens is 3. The lowest BCUT2D eigenvalue weighted by Crippen LogP contribution is -2.35. The van der Waals surface area contributed by atoms with Crippen LogP contribution in [0.5, 0.6) is 0 Å². The topological polar surface area (TPSA) is 42.4 Å². The molecule has 146 valence electrons. The molecule has 27 heavy (non-hydrogen) atoms. The lowest BCUT2D eigenvalue weighted by atomic mass is 9.96. The smallest absolute Gasteiger partial charge is 0.393 e. The number of esters is 1. The highest BCUT2D eigenvalue weighted by Crippen LogP contribution is 2.38. The molecule has 1 aliphatic rings. The van der Waals surface area contributed by atoms with Crippen LogP contribution in [0.4, 0.5) is 13.2 Å². The van der Waals surface area contributed by atoms with Gasteiger partial charge in [0, 0.05) is 30.9 Å². The van der Waals surface area contributed by atoms with Crippen molar-refractivity contribution in [3.63, 3.8) is 0 Å². The Morgan fingerprint density at radius 3 is 2.67 bits per heavy atom.